The van der Waals surface area contributed by atoms with E-state index in [1.165, 1.54) is 12.8 Å². The molecular weight excluding hydrogens is 294 g/mol. The Bertz CT molecular complexity index is 648. The first-order valence-corrected chi connectivity index (χ1v) is 8.45. The topological polar surface area (TPSA) is 71.4 Å². The zero-order chi connectivity index (χ0) is 15.6. The van der Waals surface area contributed by atoms with Crippen LogP contribution in [0.1, 0.15) is 48.3 Å². The Hall–Kier alpha value is -1.73. The number of rotatable bonds is 5. The molecule has 1 aliphatic heterocycles. The fourth-order valence-corrected chi connectivity index (χ4v) is 3.09. The van der Waals surface area contributed by atoms with Crippen molar-refractivity contribution in [1.82, 2.24) is 25.1 Å². The molecule has 3 heterocycles. The lowest BCUT2D eigenvalue weighted by molar-refractivity contribution is 0.237. The maximum Gasteiger partial charge on any atom is 0.229 e. The minimum Gasteiger partial charge on any atom is -0.361 e. The van der Waals surface area contributed by atoms with Crippen molar-refractivity contribution >= 4 is 0 Å². The molecule has 2 aliphatic rings. The van der Waals surface area contributed by atoms with Crippen molar-refractivity contribution in [2.24, 2.45) is 0 Å². The lowest BCUT2D eigenvalue weighted by Gasteiger charge is -2.19. The SMILES string of the molecule is Cc1cc(CN2CCCN(Cc3noc(C4CC4)n3)CC2)no1. The molecule has 0 aromatic carbocycles. The summed E-state index contributed by atoms with van der Waals surface area (Å²) in [5, 5.41) is 8.22. The highest BCUT2D eigenvalue weighted by Gasteiger charge is 2.29. The molecular formula is C16H23N5O2. The van der Waals surface area contributed by atoms with Gasteiger partial charge in [-0.1, -0.05) is 10.3 Å². The van der Waals surface area contributed by atoms with E-state index in [9.17, 15) is 0 Å². The van der Waals surface area contributed by atoms with E-state index in [0.717, 1.165) is 68.9 Å². The average molecular weight is 317 g/mol. The number of hydrogen-bond acceptors (Lipinski definition) is 7. The van der Waals surface area contributed by atoms with E-state index in [0.29, 0.717) is 5.92 Å². The fraction of sp³-hybridized carbons (Fsp3) is 0.688. The Labute approximate surface area is 135 Å². The van der Waals surface area contributed by atoms with E-state index in [1.54, 1.807) is 0 Å². The van der Waals surface area contributed by atoms with E-state index < -0.39 is 0 Å². The van der Waals surface area contributed by atoms with Crippen molar-refractivity contribution in [2.45, 2.75) is 45.2 Å². The van der Waals surface area contributed by atoms with Crippen molar-refractivity contribution in [3.8, 4) is 0 Å². The summed E-state index contributed by atoms with van der Waals surface area (Å²) in [5.41, 5.74) is 1.02. The summed E-state index contributed by atoms with van der Waals surface area (Å²) in [6.45, 7) is 7.78. The van der Waals surface area contributed by atoms with Gasteiger partial charge in [0.2, 0.25) is 5.89 Å². The van der Waals surface area contributed by atoms with E-state index in [-0.39, 0.29) is 0 Å². The Morgan fingerprint density at radius 1 is 1.04 bits per heavy atom. The molecule has 7 nitrogen and oxygen atoms in total. The van der Waals surface area contributed by atoms with Crippen molar-refractivity contribution in [3.63, 3.8) is 0 Å². The molecule has 0 N–H and O–H groups in total. The summed E-state index contributed by atoms with van der Waals surface area (Å²) in [6.07, 6.45) is 3.54. The molecule has 2 aromatic heterocycles. The van der Waals surface area contributed by atoms with Gasteiger partial charge in [-0.2, -0.15) is 4.98 Å². The maximum atomic E-state index is 5.35. The van der Waals surface area contributed by atoms with Crippen LogP contribution in [0.25, 0.3) is 0 Å². The van der Waals surface area contributed by atoms with Crippen LogP contribution >= 0.6 is 0 Å². The monoisotopic (exact) mass is 317 g/mol. The van der Waals surface area contributed by atoms with Gasteiger partial charge in [0.25, 0.3) is 0 Å². The van der Waals surface area contributed by atoms with Gasteiger partial charge < -0.3 is 9.05 Å². The van der Waals surface area contributed by atoms with Gasteiger partial charge in [0.05, 0.1) is 12.2 Å². The molecule has 23 heavy (non-hydrogen) atoms. The number of aromatic nitrogens is 3. The first-order valence-electron chi connectivity index (χ1n) is 8.45. The first kappa shape index (κ1) is 14.8. The highest BCUT2D eigenvalue weighted by Crippen LogP contribution is 2.38. The van der Waals surface area contributed by atoms with Crippen LogP contribution in [0.15, 0.2) is 15.1 Å². The van der Waals surface area contributed by atoms with Gasteiger partial charge in [-0.05, 0) is 39.3 Å². The van der Waals surface area contributed by atoms with Crippen LogP contribution in [-0.2, 0) is 13.1 Å². The van der Waals surface area contributed by atoms with E-state index in [4.69, 9.17) is 9.05 Å². The second kappa shape index (κ2) is 6.41. The quantitative estimate of drug-likeness (QED) is 0.834. The lowest BCUT2D eigenvalue weighted by Crippen LogP contribution is -2.30. The minimum absolute atomic E-state index is 0.529. The van der Waals surface area contributed by atoms with Gasteiger partial charge in [-0.25, -0.2) is 0 Å². The first-order chi connectivity index (χ1) is 11.3. The average Bonchev–Trinajstić information content (AvgIpc) is 3.21. The van der Waals surface area contributed by atoms with Gasteiger partial charge in [0, 0.05) is 31.6 Å². The summed E-state index contributed by atoms with van der Waals surface area (Å²) in [4.78, 5) is 9.38. The Kier molecular flexibility index (Phi) is 4.13. The van der Waals surface area contributed by atoms with Crippen molar-refractivity contribution in [3.05, 3.63) is 29.2 Å². The van der Waals surface area contributed by atoms with Gasteiger partial charge in [0.15, 0.2) is 5.82 Å². The highest BCUT2D eigenvalue weighted by molar-refractivity contribution is 5.03. The number of nitrogens with zero attached hydrogens (tertiary/aromatic N) is 5. The normalized spacial score (nSPS) is 20.7. The third-order valence-corrected chi connectivity index (χ3v) is 4.52. The van der Waals surface area contributed by atoms with Crippen LogP contribution in [0.2, 0.25) is 0 Å². The number of hydrogen-bond donors (Lipinski definition) is 0. The molecule has 1 saturated carbocycles. The second-order valence-electron chi connectivity index (χ2n) is 6.66. The zero-order valence-electron chi connectivity index (χ0n) is 13.6. The van der Waals surface area contributed by atoms with E-state index in [1.807, 2.05) is 13.0 Å². The van der Waals surface area contributed by atoms with Gasteiger partial charge in [0.1, 0.15) is 5.76 Å². The van der Waals surface area contributed by atoms with Crippen LogP contribution in [0.5, 0.6) is 0 Å². The summed E-state index contributed by atoms with van der Waals surface area (Å²) in [5.74, 6) is 3.06. The molecule has 0 atom stereocenters. The van der Waals surface area contributed by atoms with Crippen molar-refractivity contribution < 1.29 is 9.05 Å². The third kappa shape index (κ3) is 3.79. The van der Waals surface area contributed by atoms with Gasteiger partial charge in [-0.3, -0.25) is 9.80 Å². The predicted octanol–water partition coefficient (Wildman–Crippen LogP) is 1.95. The van der Waals surface area contributed by atoms with Crippen LogP contribution in [-0.4, -0.2) is 51.3 Å². The van der Waals surface area contributed by atoms with Crippen LogP contribution in [0.3, 0.4) is 0 Å². The molecule has 0 radical (unpaired) electrons. The summed E-state index contributed by atoms with van der Waals surface area (Å²) < 4.78 is 10.5. The Balaban J connectivity index is 1.29. The standard InChI is InChI=1S/C16H23N5O2/c1-12-9-14(18-22-12)10-20-5-2-6-21(8-7-20)11-15-17-16(23-19-15)13-3-4-13/h9,13H,2-8,10-11H2,1H3. The van der Waals surface area contributed by atoms with E-state index in [2.05, 4.69) is 25.1 Å². The molecule has 1 saturated heterocycles. The molecule has 7 heteroatoms. The minimum atomic E-state index is 0.529. The largest absolute Gasteiger partial charge is 0.361 e. The van der Waals surface area contributed by atoms with Crippen LogP contribution < -0.4 is 0 Å². The molecule has 0 unspecified atom stereocenters. The maximum absolute atomic E-state index is 5.35. The third-order valence-electron chi connectivity index (χ3n) is 4.52. The molecule has 124 valence electrons. The highest BCUT2D eigenvalue weighted by atomic mass is 16.5. The van der Waals surface area contributed by atoms with Crippen LogP contribution in [0, 0.1) is 6.92 Å². The smallest absolute Gasteiger partial charge is 0.229 e. The van der Waals surface area contributed by atoms with Gasteiger partial charge in [-0.15, -0.1) is 0 Å². The molecule has 0 amide bonds. The molecule has 1 aliphatic carbocycles. The zero-order valence-corrected chi connectivity index (χ0v) is 13.6. The number of aryl methyl sites for hydroxylation is 1. The summed E-state index contributed by atoms with van der Waals surface area (Å²) >= 11 is 0. The Morgan fingerprint density at radius 2 is 1.83 bits per heavy atom. The summed E-state index contributed by atoms with van der Waals surface area (Å²) in [6, 6.07) is 2.02. The molecule has 2 fully saturated rings. The van der Waals surface area contributed by atoms with Crippen LogP contribution in [0.4, 0.5) is 0 Å². The second-order valence-corrected chi connectivity index (χ2v) is 6.66. The molecule has 0 spiro atoms. The fourth-order valence-electron chi connectivity index (χ4n) is 3.09. The molecule has 4 rings (SSSR count). The van der Waals surface area contributed by atoms with Gasteiger partial charge >= 0.3 is 0 Å². The predicted molar refractivity (Wildman–Crippen MR) is 82.7 cm³/mol. The Morgan fingerprint density at radius 3 is 2.52 bits per heavy atom. The molecule has 2 aromatic rings. The van der Waals surface area contributed by atoms with E-state index >= 15 is 0 Å². The lowest BCUT2D eigenvalue weighted by atomic mass is 10.3. The summed E-state index contributed by atoms with van der Waals surface area (Å²) in [7, 11) is 0. The molecule has 0 bridgehead atoms. The van der Waals surface area contributed by atoms with Crippen molar-refractivity contribution in [2.75, 3.05) is 26.2 Å². The van der Waals surface area contributed by atoms with Crippen molar-refractivity contribution in [1.29, 1.82) is 0 Å².